The summed E-state index contributed by atoms with van der Waals surface area (Å²) in [7, 11) is -1.75. The van der Waals surface area contributed by atoms with Gasteiger partial charge in [-0.05, 0) is 43.7 Å². The Labute approximate surface area is 152 Å². The maximum absolute atomic E-state index is 13.0. The van der Waals surface area contributed by atoms with Crippen LogP contribution in [0.4, 0.5) is 4.39 Å². The highest BCUT2D eigenvalue weighted by Crippen LogP contribution is 2.19. The van der Waals surface area contributed by atoms with E-state index < -0.39 is 10.0 Å². The van der Waals surface area contributed by atoms with Crippen LogP contribution in [-0.4, -0.2) is 42.3 Å². The average molecular weight is 379 g/mol. The first-order valence-corrected chi connectivity index (χ1v) is 9.94. The van der Waals surface area contributed by atoms with Crippen molar-refractivity contribution in [1.82, 2.24) is 13.8 Å². The Morgan fingerprint density at radius 3 is 2.38 bits per heavy atom. The lowest BCUT2D eigenvalue weighted by molar-refractivity contribution is 0.255. The first kappa shape index (κ1) is 18.8. The maximum atomic E-state index is 13.0. The van der Waals surface area contributed by atoms with Crippen molar-refractivity contribution >= 4 is 10.0 Å². The molecule has 0 N–H and O–H groups in total. The summed E-state index contributed by atoms with van der Waals surface area (Å²) in [4.78, 5) is 14.1. The second-order valence-electron chi connectivity index (χ2n) is 6.57. The topological polar surface area (TPSA) is 62.6 Å². The molecule has 3 rings (SSSR count). The van der Waals surface area contributed by atoms with E-state index in [0.717, 1.165) is 18.4 Å². The molecule has 0 atom stereocenters. The van der Waals surface area contributed by atoms with Crippen LogP contribution in [0.15, 0.2) is 52.3 Å². The minimum absolute atomic E-state index is 0.134. The van der Waals surface area contributed by atoms with Crippen LogP contribution in [0, 0.1) is 5.82 Å². The molecule has 1 aromatic carbocycles. The molecule has 0 saturated carbocycles. The minimum atomic E-state index is -3.56. The van der Waals surface area contributed by atoms with Gasteiger partial charge in [0.05, 0.1) is 11.6 Å². The molecule has 1 aliphatic heterocycles. The van der Waals surface area contributed by atoms with Crippen molar-refractivity contribution in [3.63, 3.8) is 0 Å². The van der Waals surface area contributed by atoms with Gasteiger partial charge in [-0.2, -0.15) is 4.31 Å². The highest BCUT2D eigenvalue weighted by Gasteiger charge is 2.27. The smallest absolute Gasteiger partial charge is 0.251 e. The van der Waals surface area contributed by atoms with E-state index >= 15 is 0 Å². The van der Waals surface area contributed by atoms with Gasteiger partial charge in [-0.25, -0.2) is 12.8 Å². The Kier molecular flexibility index (Phi) is 5.55. The Bertz CT molecular complexity index is 919. The molecule has 6 nitrogen and oxygen atoms in total. The maximum Gasteiger partial charge on any atom is 0.251 e. The summed E-state index contributed by atoms with van der Waals surface area (Å²) in [6, 6.07) is 8.80. The molecule has 0 unspecified atom stereocenters. The first-order valence-electron chi connectivity index (χ1n) is 8.50. The Balaban J connectivity index is 1.77. The van der Waals surface area contributed by atoms with Crippen LogP contribution in [-0.2, 0) is 23.2 Å². The monoisotopic (exact) mass is 379 g/mol. The third-order valence-electron chi connectivity index (χ3n) is 4.42. The standard InChI is InChI=1S/C18H22FN3O3S/c1-20(12-15-4-6-16(19)7-5-15)14-21-13-17(8-9-18(21)23)26(24,25)22-10-2-3-11-22/h4-9,13H,2-3,10-12,14H2,1H3. The molecule has 0 radical (unpaired) electrons. The average Bonchev–Trinajstić information content (AvgIpc) is 3.14. The summed E-state index contributed by atoms with van der Waals surface area (Å²) >= 11 is 0. The van der Waals surface area contributed by atoms with Crippen LogP contribution in [0.3, 0.4) is 0 Å². The van der Waals surface area contributed by atoms with Gasteiger partial charge in [-0.15, -0.1) is 0 Å². The molecule has 1 aliphatic rings. The predicted octanol–water partition coefficient (Wildman–Crippen LogP) is 1.86. The predicted molar refractivity (Wildman–Crippen MR) is 96.6 cm³/mol. The molecule has 2 aromatic rings. The summed E-state index contributed by atoms with van der Waals surface area (Å²) in [5, 5.41) is 0. The SMILES string of the molecule is CN(Cc1ccc(F)cc1)Cn1cc(S(=O)(=O)N2CCCC2)ccc1=O. The fourth-order valence-electron chi connectivity index (χ4n) is 3.06. The summed E-state index contributed by atoms with van der Waals surface area (Å²) < 4.78 is 41.2. The van der Waals surface area contributed by atoms with Gasteiger partial charge >= 0.3 is 0 Å². The molecule has 0 spiro atoms. The summed E-state index contributed by atoms with van der Waals surface area (Å²) in [5.74, 6) is -0.299. The number of hydrogen-bond donors (Lipinski definition) is 0. The normalized spacial score (nSPS) is 15.7. The van der Waals surface area contributed by atoms with E-state index in [1.807, 2.05) is 11.9 Å². The molecule has 1 aromatic heterocycles. The van der Waals surface area contributed by atoms with Crippen LogP contribution in [0.1, 0.15) is 18.4 Å². The lowest BCUT2D eigenvalue weighted by atomic mass is 10.2. The van der Waals surface area contributed by atoms with Crippen molar-refractivity contribution in [3.05, 3.63) is 64.3 Å². The van der Waals surface area contributed by atoms with E-state index in [9.17, 15) is 17.6 Å². The van der Waals surface area contributed by atoms with Crippen molar-refractivity contribution in [2.24, 2.45) is 0 Å². The highest BCUT2D eigenvalue weighted by molar-refractivity contribution is 7.89. The van der Waals surface area contributed by atoms with Crippen LogP contribution in [0.5, 0.6) is 0 Å². The van der Waals surface area contributed by atoms with Gasteiger partial charge in [0.2, 0.25) is 10.0 Å². The summed E-state index contributed by atoms with van der Waals surface area (Å²) in [6.07, 6.45) is 3.12. The van der Waals surface area contributed by atoms with Crippen LogP contribution in [0.2, 0.25) is 0 Å². The van der Waals surface area contributed by atoms with Gasteiger partial charge in [-0.3, -0.25) is 9.69 Å². The van der Waals surface area contributed by atoms with E-state index in [-0.39, 0.29) is 22.9 Å². The molecule has 140 valence electrons. The van der Waals surface area contributed by atoms with E-state index in [1.54, 1.807) is 12.1 Å². The molecule has 26 heavy (non-hydrogen) atoms. The van der Waals surface area contributed by atoms with Gasteiger partial charge in [-0.1, -0.05) is 12.1 Å². The van der Waals surface area contributed by atoms with E-state index in [4.69, 9.17) is 0 Å². The number of halogens is 1. The lowest BCUT2D eigenvalue weighted by Crippen LogP contribution is -2.32. The van der Waals surface area contributed by atoms with E-state index in [1.165, 1.54) is 39.3 Å². The summed E-state index contributed by atoms with van der Waals surface area (Å²) in [6.45, 7) is 1.78. The number of pyridine rings is 1. The van der Waals surface area contributed by atoms with Crippen molar-refractivity contribution in [2.45, 2.75) is 31.0 Å². The van der Waals surface area contributed by atoms with Crippen LogP contribution < -0.4 is 5.56 Å². The Morgan fingerprint density at radius 1 is 1.08 bits per heavy atom. The fraction of sp³-hybridized carbons (Fsp3) is 0.389. The molecule has 2 heterocycles. The van der Waals surface area contributed by atoms with Crippen LogP contribution in [0.25, 0.3) is 0 Å². The summed E-state index contributed by atoms with van der Waals surface area (Å²) in [5.41, 5.74) is 0.638. The largest absolute Gasteiger partial charge is 0.301 e. The molecule has 1 saturated heterocycles. The van der Waals surface area contributed by atoms with Gasteiger partial charge in [0.1, 0.15) is 5.82 Å². The van der Waals surface area contributed by atoms with E-state index in [2.05, 4.69) is 0 Å². The molecule has 8 heteroatoms. The van der Waals surface area contributed by atoms with E-state index in [0.29, 0.717) is 19.6 Å². The number of sulfonamides is 1. The van der Waals surface area contributed by atoms with Gasteiger partial charge in [0, 0.05) is 31.9 Å². The number of benzene rings is 1. The third-order valence-corrected chi connectivity index (χ3v) is 6.30. The van der Waals surface area contributed by atoms with Crippen molar-refractivity contribution < 1.29 is 12.8 Å². The van der Waals surface area contributed by atoms with Gasteiger partial charge < -0.3 is 4.57 Å². The Morgan fingerprint density at radius 2 is 1.73 bits per heavy atom. The Hall–Kier alpha value is -2.03. The zero-order chi connectivity index (χ0) is 18.7. The first-order chi connectivity index (χ1) is 12.4. The second-order valence-corrected chi connectivity index (χ2v) is 8.50. The third kappa shape index (κ3) is 4.20. The fourth-order valence-corrected chi connectivity index (χ4v) is 4.60. The number of nitrogens with zero attached hydrogens (tertiary/aromatic N) is 3. The minimum Gasteiger partial charge on any atom is -0.301 e. The number of hydrogen-bond acceptors (Lipinski definition) is 4. The quantitative estimate of drug-likeness (QED) is 0.769. The number of aromatic nitrogens is 1. The van der Waals surface area contributed by atoms with Crippen molar-refractivity contribution in [1.29, 1.82) is 0 Å². The molecular formula is C18H22FN3O3S. The lowest BCUT2D eigenvalue weighted by Gasteiger charge is -2.20. The van der Waals surface area contributed by atoms with Gasteiger partial charge in [0.25, 0.3) is 5.56 Å². The molecule has 1 fully saturated rings. The highest BCUT2D eigenvalue weighted by atomic mass is 32.2. The molecular weight excluding hydrogens is 357 g/mol. The molecule has 0 aliphatic carbocycles. The van der Waals surface area contributed by atoms with Gasteiger partial charge in [0.15, 0.2) is 0 Å². The second kappa shape index (κ2) is 7.69. The number of rotatable bonds is 6. The zero-order valence-electron chi connectivity index (χ0n) is 14.6. The molecule has 0 bridgehead atoms. The van der Waals surface area contributed by atoms with Crippen molar-refractivity contribution in [2.75, 3.05) is 20.1 Å². The van der Waals surface area contributed by atoms with Crippen molar-refractivity contribution in [3.8, 4) is 0 Å². The zero-order valence-corrected chi connectivity index (χ0v) is 15.5. The molecule has 0 amide bonds. The van der Waals surface area contributed by atoms with Crippen LogP contribution >= 0.6 is 0 Å².